The number of nitrogens with one attached hydrogen (secondary N) is 1. The zero-order chi connectivity index (χ0) is 15.6. The van der Waals surface area contributed by atoms with Gasteiger partial charge >= 0.3 is 6.18 Å². The van der Waals surface area contributed by atoms with Crippen molar-refractivity contribution >= 4 is 11.7 Å². The SMILES string of the molecule is Cc1cccc(NC(=O)c2cc(C(F)(F)F)ccc2F)n1. The number of alkyl halides is 3. The van der Waals surface area contributed by atoms with Gasteiger partial charge in [-0.2, -0.15) is 13.2 Å². The molecule has 1 heterocycles. The van der Waals surface area contributed by atoms with Crippen molar-refractivity contribution in [1.82, 2.24) is 4.98 Å². The minimum Gasteiger partial charge on any atom is -0.306 e. The highest BCUT2D eigenvalue weighted by atomic mass is 19.4. The number of rotatable bonds is 2. The standard InChI is InChI=1S/C14H10F4N2O/c1-8-3-2-4-12(19-8)20-13(21)10-7-9(14(16,17)18)5-6-11(10)15/h2-7H,1H3,(H,19,20,21). The van der Waals surface area contributed by atoms with Crippen LogP contribution in [0.4, 0.5) is 23.4 Å². The molecular formula is C14H10F4N2O. The fraction of sp³-hybridized carbons (Fsp3) is 0.143. The Morgan fingerprint density at radius 3 is 2.52 bits per heavy atom. The largest absolute Gasteiger partial charge is 0.416 e. The molecule has 0 bridgehead atoms. The predicted molar refractivity (Wildman–Crippen MR) is 68.3 cm³/mol. The third-order valence-electron chi connectivity index (χ3n) is 2.67. The van der Waals surface area contributed by atoms with Crippen molar-refractivity contribution in [2.24, 2.45) is 0 Å². The van der Waals surface area contributed by atoms with Gasteiger partial charge in [0, 0.05) is 5.69 Å². The van der Waals surface area contributed by atoms with Crippen LogP contribution in [0.15, 0.2) is 36.4 Å². The topological polar surface area (TPSA) is 42.0 Å². The van der Waals surface area contributed by atoms with Gasteiger partial charge in [0.05, 0.1) is 11.1 Å². The fourth-order valence-corrected chi connectivity index (χ4v) is 1.67. The van der Waals surface area contributed by atoms with Crippen LogP contribution in [0.1, 0.15) is 21.6 Å². The van der Waals surface area contributed by atoms with Crippen LogP contribution < -0.4 is 5.32 Å². The number of hydrogen-bond acceptors (Lipinski definition) is 2. The van der Waals surface area contributed by atoms with Gasteiger partial charge in [0.25, 0.3) is 5.91 Å². The highest BCUT2D eigenvalue weighted by Crippen LogP contribution is 2.30. The molecule has 2 rings (SSSR count). The molecular weight excluding hydrogens is 288 g/mol. The number of halogens is 4. The molecule has 0 spiro atoms. The Morgan fingerprint density at radius 2 is 1.90 bits per heavy atom. The molecule has 2 aromatic rings. The van der Waals surface area contributed by atoms with Crippen molar-refractivity contribution in [2.45, 2.75) is 13.1 Å². The molecule has 110 valence electrons. The molecule has 0 radical (unpaired) electrons. The molecule has 0 unspecified atom stereocenters. The molecule has 0 fully saturated rings. The Bertz CT molecular complexity index is 683. The maximum Gasteiger partial charge on any atom is 0.416 e. The van der Waals surface area contributed by atoms with Crippen molar-refractivity contribution in [3.63, 3.8) is 0 Å². The molecule has 0 saturated carbocycles. The number of pyridine rings is 1. The minimum absolute atomic E-state index is 0.136. The van der Waals surface area contributed by atoms with E-state index in [1.807, 2.05) is 0 Å². The first-order valence-electron chi connectivity index (χ1n) is 5.89. The molecule has 0 aliphatic heterocycles. The minimum atomic E-state index is -4.65. The maximum absolute atomic E-state index is 13.5. The van der Waals surface area contributed by atoms with E-state index in [4.69, 9.17) is 0 Å². The Labute approximate surface area is 117 Å². The lowest BCUT2D eigenvalue weighted by Crippen LogP contribution is -2.16. The second-order valence-electron chi connectivity index (χ2n) is 4.31. The highest BCUT2D eigenvalue weighted by Gasteiger charge is 2.32. The Hall–Kier alpha value is -2.44. The number of carbonyl (C=O) groups excluding carboxylic acids is 1. The summed E-state index contributed by atoms with van der Waals surface area (Å²) in [6.07, 6.45) is -4.65. The number of carbonyl (C=O) groups is 1. The molecule has 0 atom stereocenters. The molecule has 1 amide bonds. The zero-order valence-electron chi connectivity index (χ0n) is 10.8. The van der Waals surface area contributed by atoms with Gasteiger partial charge in [-0.15, -0.1) is 0 Å². The first-order chi connectivity index (χ1) is 9.77. The van der Waals surface area contributed by atoms with Gasteiger partial charge in [0.2, 0.25) is 0 Å². The first-order valence-corrected chi connectivity index (χ1v) is 5.89. The molecule has 21 heavy (non-hydrogen) atoms. The lowest BCUT2D eigenvalue weighted by molar-refractivity contribution is -0.137. The third kappa shape index (κ3) is 3.56. The van der Waals surface area contributed by atoms with Gasteiger partial charge in [0.1, 0.15) is 11.6 Å². The second-order valence-corrected chi connectivity index (χ2v) is 4.31. The summed E-state index contributed by atoms with van der Waals surface area (Å²) in [4.78, 5) is 15.8. The van der Waals surface area contributed by atoms with Crippen LogP contribution in [-0.4, -0.2) is 10.9 Å². The average Bonchev–Trinajstić information content (AvgIpc) is 2.37. The zero-order valence-corrected chi connectivity index (χ0v) is 10.8. The van der Waals surface area contributed by atoms with Crippen LogP contribution in [0.3, 0.4) is 0 Å². The van der Waals surface area contributed by atoms with E-state index < -0.39 is 29.0 Å². The van der Waals surface area contributed by atoms with Crippen molar-refractivity contribution in [2.75, 3.05) is 5.32 Å². The molecule has 1 aromatic heterocycles. The molecule has 0 aliphatic carbocycles. The first kappa shape index (κ1) is 15.0. The van der Waals surface area contributed by atoms with Gasteiger partial charge in [0.15, 0.2) is 0 Å². The van der Waals surface area contributed by atoms with Gasteiger partial charge in [-0.1, -0.05) is 6.07 Å². The monoisotopic (exact) mass is 298 g/mol. The number of benzene rings is 1. The van der Waals surface area contributed by atoms with E-state index >= 15 is 0 Å². The van der Waals surface area contributed by atoms with E-state index in [9.17, 15) is 22.4 Å². The second kappa shape index (κ2) is 5.51. The predicted octanol–water partition coefficient (Wildman–Crippen LogP) is 3.80. The van der Waals surface area contributed by atoms with Gasteiger partial charge in [-0.25, -0.2) is 9.37 Å². The molecule has 7 heteroatoms. The van der Waals surface area contributed by atoms with Crippen molar-refractivity contribution in [3.8, 4) is 0 Å². The smallest absolute Gasteiger partial charge is 0.306 e. The van der Waals surface area contributed by atoms with Gasteiger partial charge < -0.3 is 5.32 Å². The van der Waals surface area contributed by atoms with E-state index in [-0.39, 0.29) is 5.82 Å². The van der Waals surface area contributed by atoms with E-state index in [0.717, 1.165) is 0 Å². The van der Waals surface area contributed by atoms with E-state index in [1.54, 1.807) is 19.1 Å². The fourth-order valence-electron chi connectivity index (χ4n) is 1.67. The highest BCUT2D eigenvalue weighted by molar-refractivity contribution is 6.04. The van der Waals surface area contributed by atoms with Crippen molar-refractivity contribution in [1.29, 1.82) is 0 Å². The Balaban J connectivity index is 2.31. The summed E-state index contributed by atoms with van der Waals surface area (Å²) in [5, 5.41) is 2.26. The summed E-state index contributed by atoms with van der Waals surface area (Å²) in [5.41, 5.74) is -1.17. The molecule has 3 nitrogen and oxygen atoms in total. The van der Waals surface area contributed by atoms with Crippen LogP contribution in [0.2, 0.25) is 0 Å². The van der Waals surface area contributed by atoms with E-state index in [1.165, 1.54) is 6.07 Å². The number of hydrogen-bond donors (Lipinski definition) is 1. The molecule has 1 N–H and O–H groups in total. The van der Waals surface area contributed by atoms with Gasteiger partial charge in [-0.3, -0.25) is 4.79 Å². The quantitative estimate of drug-likeness (QED) is 0.857. The van der Waals surface area contributed by atoms with Crippen LogP contribution in [0.25, 0.3) is 0 Å². The summed E-state index contributed by atoms with van der Waals surface area (Å²) in [6, 6.07) is 6.41. The summed E-state index contributed by atoms with van der Waals surface area (Å²) in [7, 11) is 0. The van der Waals surface area contributed by atoms with E-state index in [2.05, 4.69) is 10.3 Å². The van der Waals surface area contributed by atoms with Crippen LogP contribution in [0.5, 0.6) is 0 Å². The number of amides is 1. The van der Waals surface area contributed by atoms with Crippen molar-refractivity contribution < 1.29 is 22.4 Å². The Morgan fingerprint density at radius 1 is 1.19 bits per heavy atom. The molecule has 0 saturated heterocycles. The molecule has 1 aromatic carbocycles. The average molecular weight is 298 g/mol. The number of aryl methyl sites for hydroxylation is 1. The summed E-state index contributed by atoms with van der Waals surface area (Å²) < 4.78 is 51.3. The van der Waals surface area contributed by atoms with Gasteiger partial charge in [-0.05, 0) is 37.3 Å². The molecule has 0 aliphatic rings. The lowest BCUT2D eigenvalue weighted by atomic mass is 10.1. The summed E-state index contributed by atoms with van der Waals surface area (Å²) >= 11 is 0. The number of nitrogens with zero attached hydrogens (tertiary/aromatic N) is 1. The number of aromatic nitrogens is 1. The summed E-state index contributed by atoms with van der Waals surface area (Å²) in [6.45, 7) is 1.68. The van der Waals surface area contributed by atoms with Crippen LogP contribution >= 0.6 is 0 Å². The summed E-state index contributed by atoms with van der Waals surface area (Å²) in [5.74, 6) is -1.89. The normalized spacial score (nSPS) is 11.3. The van der Waals surface area contributed by atoms with E-state index in [0.29, 0.717) is 23.9 Å². The maximum atomic E-state index is 13.5. The third-order valence-corrected chi connectivity index (χ3v) is 2.67. The number of anilines is 1. The van der Waals surface area contributed by atoms with Crippen LogP contribution in [0, 0.1) is 12.7 Å². The lowest BCUT2D eigenvalue weighted by Gasteiger charge is -2.10. The van der Waals surface area contributed by atoms with Crippen molar-refractivity contribution in [3.05, 3.63) is 59.0 Å². The Kier molecular flexibility index (Phi) is 3.93. The van der Waals surface area contributed by atoms with Crippen LogP contribution in [-0.2, 0) is 6.18 Å².